The fraction of sp³-hybridized carbons (Fsp3) is 0.400. The van der Waals surface area contributed by atoms with Crippen LogP contribution in [0.5, 0.6) is 0 Å². The Morgan fingerprint density at radius 2 is 2.11 bits per heavy atom. The minimum atomic E-state index is -4.18. The molecule has 4 heteroatoms. The van der Waals surface area contributed by atoms with Crippen LogP contribution in [0.25, 0.3) is 0 Å². The first-order chi connectivity index (χ1) is 4.11. The van der Waals surface area contributed by atoms with E-state index in [4.69, 9.17) is 0 Å². The van der Waals surface area contributed by atoms with Crippen molar-refractivity contribution in [3.63, 3.8) is 0 Å². The zero-order valence-electron chi connectivity index (χ0n) is 4.44. The van der Waals surface area contributed by atoms with E-state index in [0.29, 0.717) is 0 Å². The molecule has 50 valence electrons. The molecule has 1 aliphatic rings. The van der Waals surface area contributed by atoms with E-state index in [9.17, 15) is 13.2 Å². The maximum atomic E-state index is 11.6. The highest BCUT2D eigenvalue weighted by Gasteiger charge is 2.33. The SMILES string of the molecule is FC(F)(F)C1=CN=CC1. The van der Waals surface area contributed by atoms with Gasteiger partial charge in [-0.1, -0.05) is 0 Å². The molecule has 1 rings (SSSR count). The van der Waals surface area contributed by atoms with Crippen LogP contribution in [0.1, 0.15) is 6.42 Å². The topological polar surface area (TPSA) is 12.4 Å². The van der Waals surface area contributed by atoms with Gasteiger partial charge in [-0.3, -0.25) is 4.99 Å². The zero-order chi connectivity index (χ0) is 6.91. The molecule has 0 saturated carbocycles. The third-order valence-electron chi connectivity index (χ3n) is 1.01. The molecular formula is C5H4F3N. The summed E-state index contributed by atoms with van der Waals surface area (Å²) in [5.41, 5.74) is -0.567. The number of aliphatic imine (C=N–C) groups is 1. The van der Waals surface area contributed by atoms with Crippen molar-refractivity contribution in [3.05, 3.63) is 11.8 Å². The van der Waals surface area contributed by atoms with Crippen LogP contribution in [-0.2, 0) is 0 Å². The van der Waals surface area contributed by atoms with Crippen LogP contribution in [0.4, 0.5) is 13.2 Å². The fourth-order valence-corrected chi connectivity index (χ4v) is 0.535. The van der Waals surface area contributed by atoms with E-state index in [1.807, 2.05) is 0 Å². The number of alkyl halides is 3. The first kappa shape index (κ1) is 6.32. The van der Waals surface area contributed by atoms with Crippen molar-refractivity contribution in [2.75, 3.05) is 0 Å². The van der Waals surface area contributed by atoms with Gasteiger partial charge in [-0.05, 0) is 0 Å². The average Bonchev–Trinajstić information content (AvgIpc) is 2.08. The summed E-state index contributed by atoms with van der Waals surface area (Å²) in [4.78, 5) is 3.32. The van der Waals surface area contributed by atoms with Crippen molar-refractivity contribution in [2.24, 2.45) is 4.99 Å². The minimum Gasteiger partial charge on any atom is -0.268 e. The minimum absolute atomic E-state index is 0.0799. The van der Waals surface area contributed by atoms with Gasteiger partial charge in [0.1, 0.15) is 0 Å². The van der Waals surface area contributed by atoms with Crippen LogP contribution in [0.2, 0.25) is 0 Å². The first-order valence-electron chi connectivity index (χ1n) is 2.38. The van der Waals surface area contributed by atoms with E-state index in [0.717, 1.165) is 6.20 Å². The van der Waals surface area contributed by atoms with Gasteiger partial charge in [0.05, 0.1) is 5.57 Å². The Balaban J connectivity index is 2.66. The zero-order valence-corrected chi connectivity index (χ0v) is 4.44. The molecule has 0 aromatic rings. The van der Waals surface area contributed by atoms with Gasteiger partial charge in [0.15, 0.2) is 0 Å². The molecule has 0 atom stereocenters. The summed E-state index contributed by atoms with van der Waals surface area (Å²) in [6.45, 7) is 0. The maximum absolute atomic E-state index is 11.6. The third-order valence-corrected chi connectivity index (χ3v) is 1.01. The lowest BCUT2D eigenvalue weighted by Gasteiger charge is -2.03. The van der Waals surface area contributed by atoms with Crippen LogP contribution >= 0.6 is 0 Å². The molecule has 0 aromatic heterocycles. The second-order valence-electron chi connectivity index (χ2n) is 1.69. The van der Waals surface area contributed by atoms with Crippen molar-refractivity contribution in [1.29, 1.82) is 0 Å². The lowest BCUT2D eigenvalue weighted by molar-refractivity contribution is -0.0922. The molecule has 1 aliphatic heterocycles. The first-order valence-corrected chi connectivity index (χ1v) is 2.38. The second kappa shape index (κ2) is 1.86. The Morgan fingerprint density at radius 1 is 1.44 bits per heavy atom. The van der Waals surface area contributed by atoms with Gasteiger partial charge in [0.25, 0.3) is 0 Å². The molecule has 0 saturated heterocycles. The fourth-order valence-electron chi connectivity index (χ4n) is 0.535. The van der Waals surface area contributed by atoms with Gasteiger partial charge in [-0.25, -0.2) is 0 Å². The predicted molar refractivity (Wildman–Crippen MR) is 27.2 cm³/mol. The molecule has 0 aromatic carbocycles. The van der Waals surface area contributed by atoms with Crippen molar-refractivity contribution in [1.82, 2.24) is 0 Å². The lowest BCUT2D eigenvalue weighted by atomic mass is 10.2. The number of nitrogens with zero attached hydrogens (tertiary/aromatic N) is 1. The van der Waals surface area contributed by atoms with Gasteiger partial charge in [0, 0.05) is 18.8 Å². The Bertz CT molecular complexity index is 166. The number of hydrogen-bond donors (Lipinski definition) is 0. The van der Waals surface area contributed by atoms with Crippen LogP contribution in [-0.4, -0.2) is 12.4 Å². The quantitative estimate of drug-likeness (QED) is 0.481. The third kappa shape index (κ3) is 1.31. The summed E-state index contributed by atoms with van der Waals surface area (Å²) in [6.07, 6.45) is -2.18. The van der Waals surface area contributed by atoms with Gasteiger partial charge < -0.3 is 0 Å². The summed E-state index contributed by atoms with van der Waals surface area (Å²) >= 11 is 0. The van der Waals surface area contributed by atoms with Crippen LogP contribution < -0.4 is 0 Å². The molecule has 1 heterocycles. The van der Waals surface area contributed by atoms with E-state index in [-0.39, 0.29) is 6.42 Å². The summed E-state index contributed by atoms with van der Waals surface area (Å²) in [5.74, 6) is 0. The average molecular weight is 135 g/mol. The molecule has 0 spiro atoms. The normalized spacial score (nSPS) is 18.3. The number of hydrogen-bond acceptors (Lipinski definition) is 1. The molecule has 0 bridgehead atoms. The highest BCUT2D eigenvalue weighted by atomic mass is 19.4. The molecule has 0 unspecified atom stereocenters. The van der Waals surface area contributed by atoms with Crippen molar-refractivity contribution >= 4 is 6.21 Å². The molecule has 0 N–H and O–H groups in total. The largest absolute Gasteiger partial charge is 0.414 e. The summed E-state index contributed by atoms with van der Waals surface area (Å²) in [5, 5.41) is 0. The molecule has 1 nitrogen and oxygen atoms in total. The Morgan fingerprint density at radius 3 is 2.33 bits per heavy atom. The van der Waals surface area contributed by atoms with Crippen LogP contribution in [0.3, 0.4) is 0 Å². The Kier molecular flexibility index (Phi) is 1.31. The molecule has 0 radical (unpaired) electrons. The maximum Gasteiger partial charge on any atom is 0.414 e. The molecule has 0 fully saturated rings. The second-order valence-corrected chi connectivity index (χ2v) is 1.69. The lowest BCUT2D eigenvalue weighted by Crippen LogP contribution is -2.09. The predicted octanol–water partition coefficient (Wildman–Crippen LogP) is 1.91. The van der Waals surface area contributed by atoms with Crippen molar-refractivity contribution in [2.45, 2.75) is 12.6 Å². The smallest absolute Gasteiger partial charge is 0.268 e. The number of allylic oxidation sites excluding steroid dienone is 1. The Labute approximate surface area is 49.9 Å². The van der Waals surface area contributed by atoms with Gasteiger partial charge in [0.2, 0.25) is 0 Å². The van der Waals surface area contributed by atoms with Crippen LogP contribution in [0.15, 0.2) is 16.8 Å². The van der Waals surface area contributed by atoms with Gasteiger partial charge >= 0.3 is 6.18 Å². The summed E-state index contributed by atoms with van der Waals surface area (Å²) in [7, 11) is 0. The highest BCUT2D eigenvalue weighted by molar-refractivity contribution is 5.65. The molecule has 0 amide bonds. The van der Waals surface area contributed by atoms with E-state index < -0.39 is 11.7 Å². The standard InChI is InChI=1S/C5H4F3N/c6-5(7,8)4-1-2-9-3-4/h2-3H,1H2. The molecule has 0 aliphatic carbocycles. The van der Waals surface area contributed by atoms with Crippen molar-refractivity contribution < 1.29 is 13.2 Å². The summed E-state index contributed by atoms with van der Waals surface area (Å²) in [6, 6.07) is 0. The monoisotopic (exact) mass is 135 g/mol. The van der Waals surface area contributed by atoms with Gasteiger partial charge in [-0.2, -0.15) is 13.2 Å². The van der Waals surface area contributed by atoms with E-state index in [2.05, 4.69) is 4.99 Å². The van der Waals surface area contributed by atoms with Crippen molar-refractivity contribution in [3.8, 4) is 0 Å². The summed E-state index contributed by atoms with van der Waals surface area (Å²) < 4.78 is 34.8. The highest BCUT2D eigenvalue weighted by Crippen LogP contribution is 2.29. The van der Waals surface area contributed by atoms with E-state index in [1.165, 1.54) is 6.21 Å². The van der Waals surface area contributed by atoms with Crippen LogP contribution in [0, 0.1) is 0 Å². The van der Waals surface area contributed by atoms with E-state index >= 15 is 0 Å². The number of halogens is 3. The van der Waals surface area contributed by atoms with E-state index in [1.54, 1.807) is 0 Å². The Hall–Kier alpha value is -0.800. The number of rotatable bonds is 0. The molecular weight excluding hydrogens is 131 g/mol. The molecule has 9 heavy (non-hydrogen) atoms. The van der Waals surface area contributed by atoms with Gasteiger partial charge in [-0.15, -0.1) is 0 Å².